The molecular formula is C15H20O3. The van der Waals surface area contributed by atoms with Crippen LogP contribution in [0.25, 0.3) is 0 Å². The molecule has 2 unspecified atom stereocenters. The van der Waals surface area contributed by atoms with Crippen molar-refractivity contribution in [2.75, 3.05) is 6.61 Å². The zero-order valence-electron chi connectivity index (χ0n) is 11.7. The highest BCUT2D eigenvalue weighted by Crippen LogP contribution is 2.48. The van der Waals surface area contributed by atoms with Gasteiger partial charge in [0.2, 0.25) is 0 Å². The van der Waals surface area contributed by atoms with E-state index >= 15 is 0 Å². The molecule has 0 N–H and O–H groups in total. The van der Waals surface area contributed by atoms with E-state index in [9.17, 15) is 4.79 Å². The highest BCUT2D eigenvalue weighted by Gasteiger charge is 2.59. The SMILES string of the molecule is CCOC(=O)C1OC1(C)c1ccc(C)c(C)c1C. The average Bonchev–Trinajstić information content (AvgIpc) is 3.00. The van der Waals surface area contributed by atoms with Gasteiger partial charge in [-0.3, -0.25) is 0 Å². The minimum absolute atomic E-state index is 0.266. The van der Waals surface area contributed by atoms with Crippen LogP contribution in [0.2, 0.25) is 0 Å². The number of esters is 1. The van der Waals surface area contributed by atoms with E-state index in [1.165, 1.54) is 16.7 Å². The predicted octanol–water partition coefficient (Wildman–Crippen LogP) is 2.79. The standard InChI is InChI=1S/C15H20O3/c1-6-17-14(16)13-15(5,18-13)12-8-7-9(2)10(3)11(12)4/h7-8,13H,6H2,1-5H3. The van der Waals surface area contributed by atoms with Crippen LogP contribution < -0.4 is 0 Å². The molecule has 1 fully saturated rings. The first-order valence-corrected chi connectivity index (χ1v) is 6.33. The van der Waals surface area contributed by atoms with E-state index in [2.05, 4.69) is 32.9 Å². The number of rotatable bonds is 3. The maximum atomic E-state index is 11.7. The molecule has 1 aromatic carbocycles. The summed E-state index contributed by atoms with van der Waals surface area (Å²) in [6.07, 6.45) is -0.460. The van der Waals surface area contributed by atoms with Gasteiger partial charge in [-0.25, -0.2) is 4.79 Å². The molecule has 0 radical (unpaired) electrons. The zero-order valence-corrected chi connectivity index (χ0v) is 11.7. The van der Waals surface area contributed by atoms with Crippen molar-refractivity contribution in [2.45, 2.75) is 46.3 Å². The third kappa shape index (κ3) is 1.93. The highest BCUT2D eigenvalue weighted by atomic mass is 16.7. The summed E-state index contributed by atoms with van der Waals surface area (Å²) in [7, 11) is 0. The summed E-state index contributed by atoms with van der Waals surface area (Å²) < 4.78 is 10.6. The van der Waals surface area contributed by atoms with Crippen LogP contribution in [0.3, 0.4) is 0 Å². The summed E-state index contributed by atoms with van der Waals surface area (Å²) in [5.74, 6) is -0.266. The molecule has 0 saturated carbocycles. The van der Waals surface area contributed by atoms with Crippen LogP contribution in [-0.2, 0) is 19.9 Å². The molecule has 98 valence electrons. The molecule has 1 saturated heterocycles. The van der Waals surface area contributed by atoms with Gasteiger partial charge in [0.15, 0.2) is 6.10 Å². The molecule has 1 aliphatic heterocycles. The van der Waals surface area contributed by atoms with Crippen molar-refractivity contribution in [1.29, 1.82) is 0 Å². The van der Waals surface area contributed by atoms with Crippen LogP contribution in [0, 0.1) is 20.8 Å². The van der Waals surface area contributed by atoms with Crippen molar-refractivity contribution in [3.63, 3.8) is 0 Å². The van der Waals surface area contributed by atoms with Gasteiger partial charge in [0.25, 0.3) is 0 Å². The van der Waals surface area contributed by atoms with Gasteiger partial charge in [0, 0.05) is 0 Å². The number of hydrogen-bond acceptors (Lipinski definition) is 3. The maximum Gasteiger partial charge on any atom is 0.338 e. The fourth-order valence-electron chi connectivity index (χ4n) is 2.40. The normalized spacial score (nSPS) is 25.9. The molecule has 0 bridgehead atoms. The lowest BCUT2D eigenvalue weighted by atomic mass is 9.89. The topological polar surface area (TPSA) is 38.8 Å². The van der Waals surface area contributed by atoms with E-state index in [0.717, 1.165) is 5.56 Å². The maximum absolute atomic E-state index is 11.7. The molecule has 1 aromatic rings. The lowest BCUT2D eigenvalue weighted by Gasteiger charge is -2.14. The van der Waals surface area contributed by atoms with E-state index in [1.54, 1.807) is 6.92 Å². The second-order valence-electron chi connectivity index (χ2n) is 5.04. The van der Waals surface area contributed by atoms with Gasteiger partial charge >= 0.3 is 5.97 Å². The third-order valence-corrected chi connectivity index (χ3v) is 3.90. The minimum Gasteiger partial charge on any atom is -0.464 e. The zero-order chi connectivity index (χ0) is 13.5. The van der Waals surface area contributed by atoms with E-state index in [4.69, 9.17) is 9.47 Å². The predicted molar refractivity (Wildman–Crippen MR) is 69.5 cm³/mol. The number of carbonyl (C=O) groups is 1. The molecule has 0 spiro atoms. The van der Waals surface area contributed by atoms with E-state index in [1.807, 2.05) is 6.92 Å². The van der Waals surface area contributed by atoms with E-state index in [-0.39, 0.29) is 5.97 Å². The largest absolute Gasteiger partial charge is 0.464 e. The van der Waals surface area contributed by atoms with Gasteiger partial charge in [-0.2, -0.15) is 0 Å². The first kappa shape index (κ1) is 13.1. The Balaban J connectivity index is 2.29. The van der Waals surface area contributed by atoms with Crippen molar-refractivity contribution in [2.24, 2.45) is 0 Å². The molecule has 18 heavy (non-hydrogen) atoms. The molecule has 0 amide bonds. The van der Waals surface area contributed by atoms with Crippen molar-refractivity contribution in [1.82, 2.24) is 0 Å². The van der Waals surface area contributed by atoms with Crippen molar-refractivity contribution in [3.05, 3.63) is 34.4 Å². The Morgan fingerprint density at radius 3 is 2.61 bits per heavy atom. The highest BCUT2D eigenvalue weighted by molar-refractivity contribution is 5.80. The number of benzene rings is 1. The van der Waals surface area contributed by atoms with Crippen molar-refractivity contribution < 1.29 is 14.3 Å². The monoisotopic (exact) mass is 248 g/mol. The first-order valence-electron chi connectivity index (χ1n) is 6.33. The minimum atomic E-state index is -0.519. The van der Waals surface area contributed by atoms with Gasteiger partial charge in [-0.1, -0.05) is 12.1 Å². The summed E-state index contributed by atoms with van der Waals surface area (Å²) >= 11 is 0. The van der Waals surface area contributed by atoms with E-state index < -0.39 is 11.7 Å². The fraction of sp³-hybridized carbons (Fsp3) is 0.533. The quantitative estimate of drug-likeness (QED) is 0.610. The van der Waals surface area contributed by atoms with Crippen molar-refractivity contribution >= 4 is 5.97 Å². The van der Waals surface area contributed by atoms with Gasteiger partial charge in [-0.05, 0) is 56.9 Å². The van der Waals surface area contributed by atoms with Crippen LogP contribution in [0.15, 0.2) is 12.1 Å². The molecule has 2 rings (SSSR count). The second kappa shape index (κ2) is 4.39. The lowest BCUT2D eigenvalue weighted by Crippen LogP contribution is -2.20. The number of epoxide rings is 1. The van der Waals surface area contributed by atoms with Crippen LogP contribution in [0.5, 0.6) is 0 Å². The van der Waals surface area contributed by atoms with Crippen LogP contribution in [-0.4, -0.2) is 18.7 Å². The van der Waals surface area contributed by atoms with E-state index in [0.29, 0.717) is 6.61 Å². The molecule has 3 heteroatoms. The fourth-order valence-corrected chi connectivity index (χ4v) is 2.40. The Labute approximate surface area is 108 Å². The molecule has 0 aromatic heterocycles. The summed E-state index contributed by atoms with van der Waals surface area (Å²) in [4.78, 5) is 11.7. The molecule has 0 aliphatic carbocycles. The van der Waals surface area contributed by atoms with Crippen LogP contribution in [0.4, 0.5) is 0 Å². The summed E-state index contributed by atoms with van der Waals surface area (Å²) in [5, 5.41) is 0. The molecule has 1 aliphatic rings. The Morgan fingerprint density at radius 2 is 2.00 bits per heavy atom. The third-order valence-electron chi connectivity index (χ3n) is 3.90. The average molecular weight is 248 g/mol. The Kier molecular flexibility index (Phi) is 3.20. The van der Waals surface area contributed by atoms with Crippen LogP contribution in [0.1, 0.15) is 36.1 Å². The Bertz CT molecular complexity index is 493. The molecule has 1 heterocycles. The van der Waals surface area contributed by atoms with Crippen molar-refractivity contribution in [3.8, 4) is 0 Å². The van der Waals surface area contributed by atoms with Gasteiger partial charge in [0.1, 0.15) is 5.60 Å². The molecule has 3 nitrogen and oxygen atoms in total. The number of carbonyl (C=O) groups excluding carboxylic acids is 1. The Morgan fingerprint density at radius 1 is 1.33 bits per heavy atom. The van der Waals surface area contributed by atoms with Gasteiger partial charge < -0.3 is 9.47 Å². The molecule has 2 atom stereocenters. The smallest absolute Gasteiger partial charge is 0.338 e. The van der Waals surface area contributed by atoms with Gasteiger partial charge in [-0.15, -0.1) is 0 Å². The lowest BCUT2D eigenvalue weighted by molar-refractivity contribution is -0.144. The first-order chi connectivity index (χ1) is 8.41. The number of aryl methyl sites for hydroxylation is 1. The summed E-state index contributed by atoms with van der Waals surface area (Å²) in [6.45, 7) is 10.4. The number of ether oxygens (including phenoxy) is 2. The summed E-state index contributed by atoms with van der Waals surface area (Å²) in [5.41, 5.74) is 4.28. The summed E-state index contributed by atoms with van der Waals surface area (Å²) in [6, 6.07) is 4.13. The van der Waals surface area contributed by atoms with Crippen LogP contribution >= 0.6 is 0 Å². The Hall–Kier alpha value is -1.35. The second-order valence-corrected chi connectivity index (χ2v) is 5.04. The van der Waals surface area contributed by atoms with Gasteiger partial charge in [0.05, 0.1) is 6.61 Å². The molecular weight excluding hydrogens is 228 g/mol. The number of hydrogen-bond donors (Lipinski definition) is 0.